The van der Waals surface area contributed by atoms with Crippen LogP contribution in [0.15, 0.2) is 59.7 Å². The van der Waals surface area contributed by atoms with E-state index in [2.05, 4.69) is 10.5 Å². The van der Waals surface area contributed by atoms with Gasteiger partial charge in [0.15, 0.2) is 0 Å². The van der Waals surface area contributed by atoms with Gasteiger partial charge in [-0.2, -0.15) is 5.10 Å². The van der Waals surface area contributed by atoms with E-state index in [1.165, 1.54) is 17.6 Å². The van der Waals surface area contributed by atoms with Gasteiger partial charge in [0.05, 0.1) is 11.1 Å². The number of nitrogens with one attached hydrogen (secondary N) is 1. The molecule has 0 unspecified atom stereocenters. The molecule has 2 aromatic carbocycles. The molecule has 0 aliphatic carbocycles. The van der Waals surface area contributed by atoms with E-state index in [0.717, 1.165) is 10.1 Å². The maximum Gasteiger partial charge on any atom is 0.281 e. The summed E-state index contributed by atoms with van der Waals surface area (Å²) in [7, 11) is 0. The number of amides is 1. The average molecular weight is 296 g/mol. The van der Waals surface area contributed by atoms with Gasteiger partial charge in [0, 0.05) is 4.70 Å². The van der Waals surface area contributed by atoms with E-state index in [-0.39, 0.29) is 11.7 Å². The first-order valence-electron chi connectivity index (χ1n) is 6.33. The predicted molar refractivity (Wildman–Crippen MR) is 85.0 cm³/mol. The van der Waals surface area contributed by atoms with Crippen molar-refractivity contribution < 1.29 is 9.90 Å². The lowest BCUT2D eigenvalue weighted by Gasteiger charge is -1.96. The highest BCUT2D eigenvalue weighted by atomic mass is 32.1. The molecule has 21 heavy (non-hydrogen) atoms. The van der Waals surface area contributed by atoms with Crippen molar-refractivity contribution >= 4 is 33.5 Å². The molecule has 104 valence electrons. The molecule has 0 fully saturated rings. The molecule has 2 N–H and O–H groups in total. The normalized spacial score (nSPS) is 11.0. The Bertz CT molecular complexity index is 791. The quantitative estimate of drug-likeness (QED) is 0.575. The highest BCUT2D eigenvalue weighted by molar-refractivity contribution is 7.20. The first kappa shape index (κ1) is 13.3. The minimum absolute atomic E-state index is 0.162. The van der Waals surface area contributed by atoms with E-state index in [0.29, 0.717) is 10.4 Å². The number of benzene rings is 2. The fraction of sp³-hybridized carbons (Fsp3) is 0. The average Bonchev–Trinajstić information content (AvgIpc) is 2.91. The summed E-state index contributed by atoms with van der Waals surface area (Å²) in [5.41, 5.74) is 3.20. The molecule has 5 heteroatoms. The Kier molecular flexibility index (Phi) is 3.66. The zero-order valence-electron chi connectivity index (χ0n) is 11.0. The Balaban J connectivity index is 1.71. The number of carbonyl (C=O) groups excluding carboxylic acids is 1. The van der Waals surface area contributed by atoms with Gasteiger partial charge in [-0.05, 0) is 35.2 Å². The van der Waals surface area contributed by atoms with Crippen LogP contribution in [0.4, 0.5) is 0 Å². The molecule has 0 atom stereocenters. The lowest BCUT2D eigenvalue weighted by molar-refractivity contribution is 0.0959. The molecule has 4 nitrogen and oxygen atoms in total. The van der Waals surface area contributed by atoms with Crippen LogP contribution in [0.3, 0.4) is 0 Å². The van der Waals surface area contributed by atoms with Crippen molar-refractivity contribution in [2.75, 3.05) is 0 Å². The van der Waals surface area contributed by atoms with Crippen LogP contribution in [0, 0.1) is 0 Å². The zero-order chi connectivity index (χ0) is 14.7. The first-order chi connectivity index (χ1) is 10.2. The van der Waals surface area contributed by atoms with Crippen molar-refractivity contribution in [2.24, 2.45) is 5.10 Å². The van der Waals surface area contributed by atoms with Crippen LogP contribution in [-0.2, 0) is 0 Å². The molecule has 0 saturated heterocycles. The van der Waals surface area contributed by atoms with Crippen LogP contribution in [0.2, 0.25) is 0 Å². The van der Waals surface area contributed by atoms with Crippen molar-refractivity contribution in [3.05, 3.63) is 65.0 Å². The Morgan fingerprint density at radius 3 is 2.81 bits per heavy atom. The molecule has 0 saturated carbocycles. The molecule has 0 aliphatic heterocycles. The summed E-state index contributed by atoms with van der Waals surface area (Å²) in [4.78, 5) is 12.6. The second-order valence-corrected chi connectivity index (χ2v) is 5.53. The lowest BCUT2D eigenvalue weighted by Crippen LogP contribution is -2.16. The summed E-state index contributed by atoms with van der Waals surface area (Å²) < 4.78 is 1.07. The maximum atomic E-state index is 12.0. The molecule has 0 bridgehead atoms. The molecule has 1 amide bonds. The standard InChI is InChI=1S/C16H12N2O2S/c19-13-6-3-4-11(8-13)10-17-18-16(20)15-9-12-5-1-2-7-14(12)21-15/h1-10,19H,(H,18,20). The van der Waals surface area contributed by atoms with Gasteiger partial charge in [-0.25, -0.2) is 5.43 Å². The molecular weight excluding hydrogens is 284 g/mol. The van der Waals surface area contributed by atoms with Gasteiger partial charge in [-0.1, -0.05) is 30.3 Å². The number of nitrogens with zero attached hydrogens (tertiary/aromatic N) is 1. The fourth-order valence-corrected chi connectivity index (χ4v) is 2.87. The van der Waals surface area contributed by atoms with E-state index in [9.17, 15) is 9.90 Å². The Morgan fingerprint density at radius 1 is 1.14 bits per heavy atom. The van der Waals surface area contributed by atoms with Crippen molar-refractivity contribution in [2.45, 2.75) is 0 Å². The maximum absolute atomic E-state index is 12.0. The largest absolute Gasteiger partial charge is 0.508 e. The van der Waals surface area contributed by atoms with Crippen molar-refractivity contribution in [3.63, 3.8) is 0 Å². The van der Waals surface area contributed by atoms with Gasteiger partial charge < -0.3 is 5.11 Å². The van der Waals surface area contributed by atoms with E-state index < -0.39 is 0 Å². The second-order valence-electron chi connectivity index (χ2n) is 4.44. The van der Waals surface area contributed by atoms with E-state index in [4.69, 9.17) is 0 Å². The summed E-state index contributed by atoms with van der Waals surface area (Å²) >= 11 is 1.43. The third kappa shape index (κ3) is 3.09. The lowest BCUT2D eigenvalue weighted by atomic mass is 10.2. The molecule has 0 radical (unpaired) electrons. The number of aromatic hydroxyl groups is 1. The van der Waals surface area contributed by atoms with Crippen LogP contribution in [0.1, 0.15) is 15.2 Å². The van der Waals surface area contributed by atoms with Crippen LogP contribution >= 0.6 is 11.3 Å². The van der Waals surface area contributed by atoms with Gasteiger partial charge >= 0.3 is 0 Å². The topological polar surface area (TPSA) is 61.7 Å². The number of phenolic OH excluding ortho intramolecular Hbond substituents is 1. The summed E-state index contributed by atoms with van der Waals surface area (Å²) in [6.07, 6.45) is 1.49. The van der Waals surface area contributed by atoms with Gasteiger partial charge in [0.2, 0.25) is 0 Å². The Morgan fingerprint density at radius 2 is 2.00 bits per heavy atom. The van der Waals surface area contributed by atoms with Crippen LogP contribution < -0.4 is 5.43 Å². The van der Waals surface area contributed by atoms with Crippen LogP contribution in [0.25, 0.3) is 10.1 Å². The highest BCUT2D eigenvalue weighted by Crippen LogP contribution is 2.24. The van der Waals surface area contributed by atoms with Crippen molar-refractivity contribution in [3.8, 4) is 5.75 Å². The third-order valence-corrected chi connectivity index (χ3v) is 4.01. The van der Waals surface area contributed by atoms with Crippen molar-refractivity contribution in [1.82, 2.24) is 5.43 Å². The number of thiophene rings is 1. The van der Waals surface area contributed by atoms with Crippen molar-refractivity contribution in [1.29, 1.82) is 0 Å². The van der Waals surface area contributed by atoms with Gasteiger partial charge in [-0.3, -0.25) is 4.79 Å². The molecule has 0 aliphatic rings. The highest BCUT2D eigenvalue weighted by Gasteiger charge is 2.08. The number of hydrazone groups is 1. The fourth-order valence-electron chi connectivity index (χ4n) is 1.92. The Labute approximate surface area is 125 Å². The molecule has 1 aromatic heterocycles. The summed E-state index contributed by atoms with van der Waals surface area (Å²) in [5, 5.41) is 14.3. The smallest absolute Gasteiger partial charge is 0.281 e. The predicted octanol–water partition coefficient (Wildman–Crippen LogP) is 3.37. The first-order valence-corrected chi connectivity index (χ1v) is 7.15. The number of hydrogen-bond donors (Lipinski definition) is 2. The van der Waals surface area contributed by atoms with E-state index in [1.54, 1.807) is 24.3 Å². The summed E-state index contributed by atoms with van der Waals surface area (Å²) in [6.45, 7) is 0. The van der Waals surface area contributed by atoms with Crippen LogP contribution in [-0.4, -0.2) is 17.2 Å². The summed E-state index contributed by atoms with van der Waals surface area (Å²) in [6, 6.07) is 16.3. The number of hydrogen-bond acceptors (Lipinski definition) is 4. The Hall–Kier alpha value is -2.66. The van der Waals surface area contributed by atoms with Crippen LogP contribution in [0.5, 0.6) is 5.75 Å². The minimum atomic E-state index is -0.243. The molecule has 3 aromatic rings. The molecule has 1 heterocycles. The number of phenols is 1. The number of fused-ring (bicyclic) bond motifs is 1. The molecule has 3 rings (SSSR count). The second kappa shape index (κ2) is 5.76. The number of rotatable bonds is 3. The minimum Gasteiger partial charge on any atom is -0.508 e. The zero-order valence-corrected chi connectivity index (χ0v) is 11.8. The van der Waals surface area contributed by atoms with Gasteiger partial charge in [0.25, 0.3) is 5.91 Å². The van der Waals surface area contributed by atoms with Gasteiger partial charge in [-0.15, -0.1) is 11.3 Å². The monoisotopic (exact) mass is 296 g/mol. The van der Waals surface area contributed by atoms with E-state index in [1.807, 2.05) is 30.3 Å². The molecule has 0 spiro atoms. The van der Waals surface area contributed by atoms with E-state index >= 15 is 0 Å². The third-order valence-electron chi connectivity index (χ3n) is 2.90. The SMILES string of the molecule is O=C(NN=Cc1cccc(O)c1)c1cc2ccccc2s1. The number of carbonyl (C=O) groups is 1. The molecular formula is C16H12N2O2S. The summed E-state index contributed by atoms with van der Waals surface area (Å²) in [5.74, 6) is -0.0811. The van der Waals surface area contributed by atoms with Gasteiger partial charge in [0.1, 0.15) is 5.75 Å².